The monoisotopic (exact) mass is 278 g/mol. The number of benzene rings is 1. The molecule has 5 nitrogen and oxygen atoms in total. The van der Waals surface area contributed by atoms with Crippen LogP contribution in [-0.4, -0.2) is 30.5 Å². The van der Waals surface area contributed by atoms with E-state index in [2.05, 4.69) is 10.1 Å². The smallest absolute Gasteiger partial charge is 0.339 e. The molecule has 6 heteroatoms. The van der Waals surface area contributed by atoms with E-state index in [0.29, 0.717) is 11.3 Å². The lowest BCUT2D eigenvalue weighted by molar-refractivity contribution is -0.113. The highest BCUT2D eigenvalue weighted by Gasteiger charge is 2.14. The van der Waals surface area contributed by atoms with Crippen molar-refractivity contribution in [3.63, 3.8) is 0 Å². The van der Waals surface area contributed by atoms with Crippen molar-refractivity contribution >= 4 is 29.3 Å². The Morgan fingerprint density at radius 1 is 1.47 bits per heavy atom. The van der Waals surface area contributed by atoms with Gasteiger partial charge in [-0.15, -0.1) is 11.8 Å². The van der Waals surface area contributed by atoms with Crippen molar-refractivity contribution in [2.45, 2.75) is 6.92 Å². The average molecular weight is 278 g/mol. The molecule has 0 saturated carbocycles. The third kappa shape index (κ3) is 4.64. The first kappa shape index (κ1) is 15.1. The van der Waals surface area contributed by atoms with Gasteiger partial charge in [0, 0.05) is 0 Å². The third-order valence-corrected chi connectivity index (χ3v) is 3.05. The van der Waals surface area contributed by atoms with Crippen LogP contribution in [0.5, 0.6) is 0 Å². The highest BCUT2D eigenvalue weighted by molar-refractivity contribution is 8.00. The highest BCUT2D eigenvalue weighted by atomic mass is 32.2. The Hall–Kier alpha value is -2.00. The van der Waals surface area contributed by atoms with Crippen molar-refractivity contribution in [1.29, 1.82) is 5.26 Å². The number of esters is 1. The molecule has 0 aliphatic heterocycles. The standard InChI is InChI=1S/C13H14N2O3S/c1-9-3-4-11(10(7-9)13(17)18-2)15-12(16)8-19-6-5-14/h3-4,7H,6,8H2,1-2H3,(H,15,16). The van der Waals surface area contributed by atoms with Crippen LogP contribution in [0, 0.1) is 18.3 Å². The lowest BCUT2D eigenvalue weighted by Gasteiger charge is -2.10. The molecule has 0 unspecified atom stereocenters. The Balaban J connectivity index is 2.80. The van der Waals surface area contributed by atoms with Gasteiger partial charge in [-0.2, -0.15) is 5.26 Å². The van der Waals surface area contributed by atoms with Crippen LogP contribution < -0.4 is 5.32 Å². The van der Waals surface area contributed by atoms with Crippen LogP contribution in [0.4, 0.5) is 5.69 Å². The van der Waals surface area contributed by atoms with Gasteiger partial charge in [-0.25, -0.2) is 4.79 Å². The van der Waals surface area contributed by atoms with Gasteiger partial charge in [-0.1, -0.05) is 11.6 Å². The number of carbonyl (C=O) groups excluding carboxylic acids is 2. The SMILES string of the molecule is COC(=O)c1cc(C)ccc1NC(=O)CSCC#N. The van der Waals surface area contributed by atoms with Gasteiger partial charge in [0.2, 0.25) is 5.91 Å². The molecule has 1 aromatic carbocycles. The van der Waals surface area contributed by atoms with Gasteiger partial charge in [0.05, 0.1) is 35.9 Å². The van der Waals surface area contributed by atoms with Crippen molar-refractivity contribution in [2.75, 3.05) is 23.9 Å². The molecular weight excluding hydrogens is 264 g/mol. The van der Waals surface area contributed by atoms with Crippen LogP contribution in [0.3, 0.4) is 0 Å². The quantitative estimate of drug-likeness (QED) is 0.658. The number of methoxy groups -OCH3 is 1. The fourth-order valence-electron chi connectivity index (χ4n) is 1.42. The molecule has 100 valence electrons. The molecule has 0 radical (unpaired) electrons. The number of aryl methyl sites for hydroxylation is 1. The number of hydrogen-bond acceptors (Lipinski definition) is 5. The van der Waals surface area contributed by atoms with Gasteiger partial charge in [0.15, 0.2) is 0 Å². The Labute approximate surface area is 115 Å². The molecule has 1 rings (SSSR count). The zero-order valence-corrected chi connectivity index (χ0v) is 11.5. The molecule has 0 saturated heterocycles. The number of carbonyl (C=O) groups is 2. The summed E-state index contributed by atoms with van der Waals surface area (Å²) in [5, 5.41) is 11.0. The van der Waals surface area contributed by atoms with Gasteiger partial charge in [0.1, 0.15) is 0 Å². The molecule has 0 spiro atoms. The normalized spacial score (nSPS) is 9.53. The van der Waals surface area contributed by atoms with Gasteiger partial charge in [-0.05, 0) is 19.1 Å². The largest absolute Gasteiger partial charge is 0.465 e. The van der Waals surface area contributed by atoms with E-state index < -0.39 is 5.97 Å². The molecule has 0 aliphatic carbocycles. The number of amides is 1. The number of rotatable bonds is 5. The number of ether oxygens (including phenoxy) is 1. The maximum atomic E-state index is 11.6. The summed E-state index contributed by atoms with van der Waals surface area (Å²) in [6.07, 6.45) is 0. The second kappa shape index (κ2) is 7.44. The van der Waals surface area contributed by atoms with Crippen LogP contribution in [0.25, 0.3) is 0 Å². The first-order valence-corrected chi connectivity index (χ1v) is 6.67. The van der Waals surface area contributed by atoms with E-state index in [1.807, 2.05) is 13.0 Å². The molecule has 0 fully saturated rings. The number of nitrogens with zero attached hydrogens (tertiary/aromatic N) is 1. The summed E-state index contributed by atoms with van der Waals surface area (Å²) in [5.74, 6) is -0.328. The minimum Gasteiger partial charge on any atom is -0.465 e. The number of anilines is 1. The van der Waals surface area contributed by atoms with Gasteiger partial charge < -0.3 is 10.1 Å². The third-order valence-electron chi connectivity index (χ3n) is 2.25. The summed E-state index contributed by atoms with van der Waals surface area (Å²) in [6, 6.07) is 7.06. The second-order valence-corrected chi connectivity index (χ2v) is 4.73. The Morgan fingerprint density at radius 3 is 2.84 bits per heavy atom. The maximum absolute atomic E-state index is 11.6. The summed E-state index contributed by atoms with van der Waals surface area (Å²) < 4.78 is 4.67. The van der Waals surface area contributed by atoms with Crippen molar-refractivity contribution in [3.8, 4) is 6.07 Å². The Kier molecular flexibility index (Phi) is 5.90. The zero-order chi connectivity index (χ0) is 14.3. The molecule has 1 amide bonds. The lowest BCUT2D eigenvalue weighted by Crippen LogP contribution is -2.17. The molecule has 0 aromatic heterocycles. The molecule has 1 N–H and O–H groups in total. The topological polar surface area (TPSA) is 79.2 Å². The summed E-state index contributed by atoms with van der Waals surface area (Å²) in [5.41, 5.74) is 1.64. The number of thioether (sulfide) groups is 1. The lowest BCUT2D eigenvalue weighted by atomic mass is 10.1. The molecule has 1 aromatic rings. The predicted molar refractivity (Wildman–Crippen MR) is 74.1 cm³/mol. The van der Waals surface area contributed by atoms with Crippen LogP contribution >= 0.6 is 11.8 Å². The van der Waals surface area contributed by atoms with Gasteiger partial charge in [0.25, 0.3) is 0 Å². The summed E-state index contributed by atoms with van der Waals surface area (Å²) in [4.78, 5) is 23.2. The van der Waals surface area contributed by atoms with E-state index >= 15 is 0 Å². The van der Waals surface area contributed by atoms with Crippen molar-refractivity contribution < 1.29 is 14.3 Å². The van der Waals surface area contributed by atoms with Crippen LogP contribution in [0.2, 0.25) is 0 Å². The summed E-state index contributed by atoms with van der Waals surface area (Å²) >= 11 is 1.21. The van der Waals surface area contributed by atoms with E-state index in [0.717, 1.165) is 5.56 Å². The predicted octanol–water partition coefficient (Wildman–Crippen LogP) is 1.98. The Bertz CT molecular complexity index is 523. The van der Waals surface area contributed by atoms with Gasteiger partial charge in [-0.3, -0.25) is 4.79 Å². The highest BCUT2D eigenvalue weighted by Crippen LogP contribution is 2.18. The molecule has 0 heterocycles. The van der Waals surface area contributed by atoms with Crippen LogP contribution in [0.15, 0.2) is 18.2 Å². The molecule has 19 heavy (non-hydrogen) atoms. The second-order valence-electron chi connectivity index (χ2n) is 3.74. The molecule has 0 atom stereocenters. The van der Waals surface area contributed by atoms with Gasteiger partial charge >= 0.3 is 5.97 Å². The summed E-state index contributed by atoms with van der Waals surface area (Å²) in [6.45, 7) is 1.85. The van der Waals surface area contributed by atoms with E-state index in [9.17, 15) is 9.59 Å². The number of nitrogens with one attached hydrogen (secondary N) is 1. The van der Waals surface area contributed by atoms with E-state index in [-0.39, 0.29) is 17.4 Å². The zero-order valence-electron chi connectivity index (χ0n) is 10.7. The first-order chi connectivity index (χ1) is 9.08. The average Bonchev–Trinajstić information content (AvgIpc) is 2.40. The fourth-order valence-corrected chi connectivity index (χ4v) is 1.87. The first-order valence-electron chi connectivity index (χ1n) is 5.52. The number of hydrogen-bond donors (Lipinski definition) is 1. The van der Waals surface area contributed by atoms with Crippen molar-refractivity contribution in [2.24, 2.45) is 0 Å². The molecule has 0 aliphatic rings. The molecular formula is C13H14N2O3S. The number of nitriles is 1. The van der Waals surface area contributed by atoms with Crippen molar-refractivity contribution in [3.05, 3.63) is 29.3 Å². The minimum atomic E-state index is -0.497. The maximum Gasteiger partial charge on any atom is 0.339 e. The Morgan fingerprint density at radius 2 is 2.21 bits per heavy atom. The molecule has 0 bridgehead atoms. The van der Waals surface area contributed by atoms with E-state index in [1.165, 1.54) is 18.9 Å². The van der Waals surface area contributed by atoms with Crippen LogP contribution in [0.1, 0.15) is 15.9 Å². The summed E-state index contributed by atoms with van der Waals surface area (Å²) in [7, 11) is 1.29. The van der Waals surface area contributed by atoms with E-state index in [1.54, 1.807) is 18.2 Å². The van der Waals surface area contributed by atoms with Crippen LogP contribution in [-0.2, 0) is 9.53 Å². The fraction of sp³-hybridized carbons (Fsp3) is 0.308. The van der Waals surface area contributed by atoms with E-state index in [4.69, 9.17) is 5.26 Å². The van der Waals surface area contributed by atoms with Crippen molar-refractivity contribution in [1.82, 2.24) is 0 Å². The minimum absolute atomic E-state index is 0.169.